The number of aromatic nitrogens is 4. The molecular weight excluding hydrogens is 498 g/mol. The number of aryl methyl sites for hydroxylation is 2. The van der Waals surface area contributed by atoms with Crippen LogP contribution in [-0.2, 0) is 20.7 Å². The first-order chi connectivity index (χ1) is 18.9. The van der Waals surface area contributed by atoms with Crippen LogP contribution in [0.25, 0.3) is 11.2 Å². The predicted molar refractivity (Wildman–Crippen MR) is 145 cm³/mol. The van der Waals surface area contributed by atoms with Crippen molar-refractivity contribution >= 4 is 23.0 Å². The van der Waals surface area contributed by atoms with E-state index in [9.17, 15) is 15.0 Å². The second-order valence-electron chi connectivity index (χ2n) is 9.78. The van der Waals surface area contributed by atoms with E-state index in [0.717, 1.165) is 23.1 Å². The smallest absolute Gasteiger partial charge is 0.306 e. The molecule has 5 rings (SSSR count). The van der Waals surface area contributed by atoms with Gasteiger partial charge in [0.05, 0.1) is 12.4 Å². The second-order valence-corrected chi connectivity index (χ2v) is 9.78. The number of nitrogens with zero attached hydrogens (tertiary/aromatic N) is 4. The average Bonchev–Trinajstić information content (AvgIpc) is 3.51. The van der Waals surface area contributed by atoms with Gasteiger partial charge in [0.1, 0.15) is 31.2 Å². The summed E-state index contributed by atoms with van der Waals surface area (Å²) in [6, 6.07) is 18.1. The Labute approximate surface area is 226 Å². The van der Waals surface area contributed by atoms with Crippen LogP contribution in [0.3, 0.4) is 0 Å². The number of nitrogens with one attached hydrogen (secondary N) is 1. The third-order valence-electron chi connectivity index (χ3n) is 7.04. The van der Waals surface area contributed by atoms with Crippen molar-refractivity contribution in [1.29, 1.82) is 0 Å². The molecule has 1 saturated heterocycles. The van der Waals surface area contributed by atoms with Gasteiger partial charge in [0.15, 0.2) is 23.2 Å². The highest BCUT2D eigenvalue weighted by molar-refractivity contribution is 5.83. The number of carbonyl (C=O) groups excluding carboxylic acids is 1. The molecule has 10 heteroatoms. The normalized spacial score (nSPS) is 21.6. The largest absolute Gasteiger partial charge is 0.463 e. The number of rotatable bonds is 10. The Morgan fingerprint density at radius 1 is 1.08 bits per heavy atom. The number of aliphatic hydroxyl groups is 2. The molecule has 5 atom stereocenters. The van der Waals surface area contributed by atoms with Crippen LogP contribution in [-0.4, -0.2) is 60.6 Å². The molecule has 3 heterocycles. The molecule has 0 spiro atoms. The minimum Gasteiger partial charge on any atom is -0.463 e. The molecule has 2 aromatic carbocycles. The molecule has 0 bridgehead atoms. The summed E-state index contributed by atoms with van der Waals surface area (Å²) in [5.41, 5.74) is 4.29. The first-order valence-corrected chi connectivity index (χ1v) is 13.2. The zero-order valence-corrected chi connectivity index (χ0v) is 22.0. The minimum absolute atomic E-state index is 0.0228. The van der Waals surface area contributed by atoms with Gasteiger partial charge in [0.2, 0.25) is 0 Å². The van der Waals surface area contributed by atoms with E-state index in [1.54, 1.807) is 4.57 Å². The molecule has 1 aliphatic heterocycles. The molecule has 2 aromatic heterocycles. The zero-order chi connectivity index (χ0) is 27.4. The van der Waals surface area contributed by atoms with E-state index in [1.165, 1.54) is 12.7 Å². The quantitative estimate of drug-likeness (QED) is 0.263. The number of benzene rings is 2. The summed E-state index contributed by atoms with van der Waals surface area (Å²) in [6.45, 7) is 3.92. The molecular formula is C29H33N5O5. The molecule has 3 N–H and O–H groups in total. The lowest BCUT2D eigenvalue weighted by molar-refractivity contribution is -0.150. The molecule has 0 saturated carbocycles. The number of imidazole rings is 1. The van der Waals surface area contributed by atoms with Gasteiger partial charge in [-0.25, -0.2) is 15.0 Å². The molecule has 4 aromatic rings. The minimum atomic E-state index is -1.27. The highest BCUT2D eigenvalue weighted by atomic mass is 16.6. The summed E-state index contributed by atoms with van der Waals surface area (Å²) < 4.78 is 12.9. The summed E-state index contributed by atoms with van der Waals surface area (Å²) in [7, 11) is 0. The standard InChI is InChI=1S/C29H33N5O5/c1-3-21(20-7-5-4-6-8-20)33-27-24-28(31-16-30-27)34(17-32-24)29-26(37)25(36)22(39-29)15-38-23(35)14-13-19-11-9-18(2)10-12-19/h4-12,16-17,21-22,25-26,29,36-37H,3,13-15H2,1-2H3,(H,30,31,33)/t21-,22+,25+,26+,29+/m0/s1. The van der Waals surface area contributed by atoms with E-state index in [-0.39, 0.29) is 19.1 Å². The first kappa shape index (κ1) is 26.7. The second kappa shape index (κ2) is 11.9. The molecule has 1 fully saturated rings. The van der Waals surface area contributed by atoms with Crippen molar-refractivity contribution in [1.82, 2.24) is 19.5 Å². The van der Waals surface area contributed by atoms with E-state index < -0.39 is 30.5 Å². The Balaban J connectivity index is 1.24. The average molecular weight is 532 g/mol. The maximum absolute atomic E-state index is 12.3. The lowest BCUT2D eigenvalue weighted by Crippen LogP contribution is -2.34. The molecule has 1 aliphatic rings. The van der Waals surface area contributed by atoms with Gasteiger partial charge in [-0.1, -0.05) is 67.1 Å². The molecule has 204 valence electrons. The number of hydrogen-bond acceptors (Lipinski definition) is 9. The Bertz CT molecular complexity index is 1390. The topological polar surface area (TPSA) is 132 Å². The van der Waals surface area contributed by atoms with Crippen molar-refractivity contribution in [2.45, 2.75) is 63.7 Å². The van der Waals surface area contributed by atoms with Crippen molar-refractivity contribution in [3.05, 3.63) is 83.9 Å². The number of anilines is 1. The van der Waals surface area contributed by atoms with Crippen LogP contribution >= 0.6 is 0 Å². The zero-order valence-electron chi connectivity index (χ0n) is 22.0. The molecule has 39 heavy (non-hydrogen) atoms. The lowest BCUT2D eigenvalue weighted by atomic mass is 10.0. The van der Waals surface area contributed by atoms with Crippen LogP contribution in [0.15, 0.2) is 67.3 Å². The Kier molecular flexibility index (Phi) is 8.16. The van der Waals surface area contributed by atoms with Crippen molar-refractivity contribution in [3.63, 3.8) is 0 Å². The Morgan fingerprint density at radius 3 is 2.59 bits per heavy atom. The molecule has 0 aliphatic carbocycles. The fourth-order valence-corrected chi connectivity index (χ4v) is 4.76. The van der Waals surface area contributed by atoms with Crippen LogP contribution in [0.1, 0.15) is 48.7 Å². The van der Waals surface area contributed by atoms with E-state index in [1.807, 2.05) is 49.4 Å². The third kappa shape index (κ3) is 5.93. The van der Waals surface area contributed by atoms with Crippen molar-refractivity contribution in [2.24, 2.45) is 0 Å². The molecule has 10 nitrogen and oxygen atoms in total. The van der Waals surface area contributed by atoms with Gasteiger partial charge in [-0.3, -0.25) is 9.36 Å². The van der Waals surface area contributed by atoms with Gasteiger partial charge < -0.3 is 25.0 Å². The van der Waals surface area contributed by atoms with E-state index in [0.29, 0.717) is 23.4 Å². The first-order valence-electron chi connectivity index (χ1n) is 13.2. The van der Waals surface area contributed by atoms with Gasteiger partial charge in [-0.15, -0.1) is 0 Å². The van der Waals surface area contributed by atoms with Gasteiger partial charge in [-0.2, -0.15) is 0 Å². The van der Waals surface area contributed by atoms with Crippen LogP contribution < -0.4 is 5.32 Å². The van der Waals surface area contributed by atoms with Crippen LogP contribution in [0.4, 0.5) is 5.82 Å². The van der Waals surface area contributed by atoms with Crippen LogP contribution in [0.5, 0.6) is 0 Å². The predicted octanol–water partition coefficient (Wildman–Crippen LogP) is 3.49. The van der Waals surface area contributed by atoms with Gasteiger partial charge in [-0.05, 0) is 30.9 Å². The fourth-order valence-electron chi connectivity index (χ4n) is 4.76. The maximum atomic E-state index is 12.3. The van der Waals surface area contributed by atoms with Crippen LogP contribution in [0.2, 0.25) is 0 Å². The number of fused-ring (bicyclic) bond motifs is 1. The lowest BCUT2D eigenvalue weighted by Gasteiger charge is -2.19. The fraction of sp³-hybridized carbons (Fsp3) is 0.379. The summed E-state index contributed by atoms with van der Waals surface area (Å²) in [6.07, 6.45) is 0.149. The Morgan fingerprint density at radius 2 is 1.85 bits per heavy atom. The van der Waals surface area contributed by atoms with Crippen molar-refractivity contribution < 1.29 is 24.5 Å². The van der Waals surface area contributed by atoms with Gasteiger partial charge in [0.25, 0.3) is 0 Å². The molecule has 0 unspecified atom stereocenters. The monoisotopic (exact) mass is 531 g/mol. The van der Waals surface area contributed by atoms with Gasteiger partial charge >= 0.3 is 5.97 Å². The number of hydrogen-bond donors (Lipinski definition) is 3. The van der Waals surface area contributed by atoms with E-state index >= 15 is 0 Å². The van der Waals surface area contributed by atoms with Crippen molar-refractivity contribution in [2.75, 3.05) is 11.9 Å². The van der Waals surface area contributed by atoms with Crippen LogP contribution in [0, 0.1) is 6.92 Å². The summed E-state index contributed by atoms with van der Waals surface area (Å²) in [4.78, 5) is 25.5. The number of ether oxygens (including phenoxy) is 2. The summed E-state index contributed by atoms with van der Waals surface area (Å²) >= 11 is 0. The van der Waals surface area contributed by atoms with E-state index in [2.05, 4.69) is 39.3 Å². The highest BCUT2D eigenvalue weighted by Gasteiger charge is 2.45. The Hall–Kier alpha value is -3.86. The highest BCUT2D eigenvalue weighted by Crippen LogP contribution is 2.33. The SMILES string of the molecule is CC[C@H](Nc1ncnc2c1ncn2[C@@H]1O[C@H](COC(=O)CCc2ccc(C)cc2)[C@@H](O)[C@H]1O)c1ccccc1. The summed E-state index contributed by atoms with van der Waals surface area (Å²) in [5, 5.41) is 24.9. The number of carbonyl (C=O) groups is 1. The summed E-state index contributed by atoms with van der Waals surface area (Å²) in [5.74, 6) is 0.159. The van der Waals surface area contributed by atoms with Gasteiger partial charge in [0, 0.05) is 6.42 Å². The number of aliphatic hydroxyl groups excluding tert-OH is 2. The molecule has 0 amide bonds. The third-order valence-corrected chi connectivity index (χ3v) is 7.04. The van der Waals surface area contributed by atoms with Crippen molar-refractivity contribution in [3.8, 4) is 0 Å². The number of esters is 1. The van der Waals surface area contributed by atoms with E-state index in [4.69, 9.17) is 9.47 Å². The maximum Gasteiger partial charge on any atom is 0.306 e. The molecule has 0 radical (unpaired) electrons.